The van der Waals surface area contributed by atoms with Crippen LogP contribution in [0, 0.1) is 6.92 Å². The number of hydrogen-bond acceptors (Lipinski definition) is 7. The molecule has 1 aromatic carbocycles. The fourth-order valence-corrected chi connectivity index (χ4v) is 3.54. The van der Waals surface area contributed by atoms with Crippen LogP contribution in [0.4, 0.5) is 5.82 Å². The Labute approximate surface area is 161 Å². The quantitative estimate of drug-likeness (QED) is 0.674. The van der Waals surface area contributed by atoms with Crippen molar-refractivity contribution in [1.29, 1.82) is 0 Å². The van der Waals surface area contributed by atoms with Gasteiger partial charge in [-0.1, -0.05) is 6.07 Å². The molecule has 0 N–H and O–H groups in total. The van der Waals surface area contributed by atoms with E-state index in [1.165, 1.54) is 0 Å². The summed E-state index contributed by atoms with van der Waals surface area (Å²) in [6, 6.07) is 9.37. The van der Waals surface area contributed by atoms with Crippen LogP contribution in [0.2, 0.25) is 0 Å². The largest absolute Gasteiger partial charge is 0.486 e. The van der Waals surface area contributed by atoms with Gasteiger partial charge in [0.25, 0.3) is 5.91 Å². The van der Waals surface area contributed by atoms with Gasteiger partial charge in [-0.05, 0) is 31.2 Å². The van der Waals surface area contributed by atoms with Crippen molar-refractivity contribution in [3.63, 3.8) is 0 Å². The van der Waals surface area contributed by atoms with Crippen LogP contribution in [0.1, 0.15) is 16.2 Å². The third kappa shape index (κ3) is 2.62. The van der Waals surface area contributed by atoms with Crippen LogP contribution in [0.15, 0.2) is 30.3 Å². The smallest absolute Gasteiger partial charge is 0.257 e. The van der Waals surface area contributed by atoms with Crippen LogP contribution in [0.3, 0.4) is 0 Å². The van der Waals surface area contributed by atoms with E-state index in [4.69, 9.17) is 9.47 Å². The van der Waals surface area contributed by atoms with Crippen LogP contribution in [-0.4, -0.2) is 70.0 Å². The molecule has 1 amide bonds. The van der Waals surface area contributed by atoms with Gasteiger partial charge in [0.2, 0.25) is 0 Å². The summed E-state index contributed by atoms with van der Waals surface area (Å²) < 4.78 is 13.0. The number of anilines is 1. The predicted octanol–water partition coefficient (Wildman–Crippen LogP) is 1.16. The molecule has 9 nitrogen and oxygen atoms in total. The average Bonchev–Trinajstić information content (AvgIpc) is 3.06. The second-order valence-electron chi connectivity index (χ2n) is 7.01. The number of carbonyl (C=O) groups excluding carboxylic acids is 1. The van der Waals surface area contributed by atoms with Gasteiger partial charge in [-0.2, -0.15) is 4.52 Å². The van der Waals surface area contributed by atoms with Crippen LogP contribution in [0.25, 0.3) is 5.65 Å². The molecular formula is C19H20N6O3. The molecule has 2 aliphatic heterocycles. The number of amides is 1. The Morgan fingerprint density at radius 2 is 1.96 bits per heavy atom. The number of carbonyl (C=O) groups is 1. The topological polar surface area (TPSA) is 85.1 Å². The van der Waals surface area contributed by atoms with Crippen molar-refractivity contribution < 1.29 is 14.3 Å². The minimum atomic E-state index is -0.0648. The van der Waals surface area contributed by atoms with Gasteiger partial charge in [0.05, 0.1) is 11.6 Å². The van der Waals surface area contributed by atoms with E-state index in [0.29, 0.717) is 43.4 Å². The summed E-state index contributed by atoms with van der Waals surface area (Å²) in [4.78, 5) is 16.9. The summed E-state index contributed by atoms with van der Waals surface area (Å²) in [5.74, 6) is 2.70. The van der Waals surface area contributed by atoms with Gasteiger partial charge in [-0.15, -0.1) is 15.3 Å². The van der Waals surface area contributed by atoms with E-state index in [1.54, 1.807) is 15.5 Å². The van der Waals surface area contributed by atoms with E-state index in [9.17, 15) is 4.79 Å². The number of aromatic nitrogens is 4. The number of para-hydroxylation sites is 1. The van der Waals surface area contributed by atoms with Gasteiger partial charge >= 0.3 is 0 Å². The highest BCUT2D eigenvalue weighted by atomic mass is 16.6. The zero-order valence-corrected chi connectivity index (χ0v) is 15.7. The van der Waals surface area contributed by atoms with Gasteiger partial charge in [0, 0.05) is 20.1 Å². The van der Waals surface area contributed by atoms with E-state index in [-0.39, 0.29) is 11.9 Å². The Balaban J connectivity index is 1.30. The minimum Gasteiger partial charge on any atom is -0.486 e. The van der Waals surface area contributed by atoms with E-state index >= 15 is 0 Å². The van der Waals surface area contributed by atoms with Crippen molar-refractivity contribution in [1.82, 2.24) is 24.7 Å². The molecule has 4 heterocycles. The molecule has 2 aliphatic rings. The Kier molecular flexibility index (Phi) is 3.81. The highest BCUT2D eigenvalue weighted by Crippen LogP contribution is 2.35. The Hall–Kier alpha value is -3.36. The first kappa shape index (κ1) is 16.8. The molecule has 9 heteroatoms. The lowest BCUT2D eigenvalue weighted by Crippen LogP contribution is -2.60. The van der Waals surface area contributed by atoms with Gasteiger partial charge in [-0.3, -0.25) is 4.79 Å². The maximum Gasteiger partial charge on any atom is 0.257 e. The standard InChI is InChI=1S/C19H20N6O3/c1-12-20-21-16-6-7-17(22-25(12)16)24-10-13(11-24)23(2)19(26)14-4-3-5-15-18(14)28-9-8-27-15/h3-7,13H,8-11H2,1-2H3. The van der Waals surface area contributed by atoms with Crippen molar-refractivity contribution in [2.24, 2.45) is 0 Å². The molecule has 28 heavy (non-hydrogen) atoms. The lowest BCUT2D eigenvalue weighted by Gasteiger charge is -2.44. The first-order valence-corrected chi connectivity index (χ1v) is 9.21. The Morgan fingerprint density at radius 3 is 2.82 bits per heavy atom. The predicted molar refractivity (Wildman–Crippen MR) is 101 cm³/mol. The van der Waals surface area contributed by atoms with E-state index in [0.717, 1.165) is 17.3 Å². The summed E-state index contributed by atoms with van der Waals surface area (Å²) in [5.41, 5.74) is 1.26. The fraction of sp³-hybridized carbons (Fsp3) is 0.368. The molecule has 0 radical (unpaired) electrons. The second kappa shape index (κ2) is 6.36. The normalized spacial score (nSPS) is 16.1. The molecule has 0 bridgehead atoms. The molecular weight excluding hydrogens is 360 g/mol. The van der Waals surface area contributed by atoms with Gasteiger partial charge < -0.3 is 19.3 Å². The fourth-order valence-electron chi connectivity index (χ4n) is 3.54. The lowest BCUT2D eigenvalue weighted by molar-refractivity contribution is 0.0695. The van der Waals surface area contributed by atoms with Gasteiger partial charge in [0.1, 0.15) is 19.0 Å². The van der Waals surface area contributed by atoms with E-state index < -0.39 is 0 Å². The number of fused-ring (bicyclic) bond motifs is 2. The second-order valence-corrected chi connectivity index (χ2v) is 7.01. The van der Waals surface area contributed by atoms with Gasteiger partial charge in [-0.25, -0.2) is 0 Å². The van der Waals surface area contributed by atoms with Crippen LogP contribution in [0.5, 0.6) is 11.5 Å². The van der Waals surface area contributed by atoms with Crippen molar-refractivity contribution in [3.8, 4) is 11.5 Å². The van der Waals surface area contributed by atoms with Crippen LogP contribution >= 0.6 is 0 Å². The summed E-state index contributed by atoms with van der Waals surface area (Å²) in [6.07, 6.45) is 0. The molecule has 1 saturated heterocycles. The molecule has 2 aromatic heterocycles. The molecule has 144 valence electrons. The Morgan fingerprint density at radius 1 is 1.14 bits per heavy atom. The molecule has 3 aromatic rings. The number of hydrogen-bond donors (Lipinski definition) is 0. The number of likely N-dealkylation sites (N-methyl/N-ethyl adjacent to an activating group) is 1. The first-order valence-electron chi connectivity index (χ1n) is 9.21. The van der Waals surface area contributed by atoms with E-state index in [1.807, 2.05) is 38.2 Å². The summed E-state index contributed by atoms with van der Waals surface area (Å²) >= 11 is 0. The minimum absolute atomic E-state index is 0.0648. The van der Waals surface area contributed by atoms with Crippen molar-refractivity contribution in [2.75, 3.05) is 38.3 Å². The monoisotopic (exact) mass is 380 g/mol. The molecule has 0 aliphatic carbocycles. The SMILES string of the molecule is Cc1nnc2ccc(N3CC(N(C)C(=O)c4cccc5c4OCCO5)C3)nn12. The molecule has 1 fully saturated rings. The molecule has 0 atom stereocenters. The zero-order chi connectivity index (χ0) is 19.3. The van der Waals surface area contributed by atoms with E-state index in [2.05, 4.69) is 20.2 Å². The highest BCUT2D eigenvalue weighted by Gasteiger charge is 2.35. The average molecular weight is 380 g/mol. The molecule has 0 spiro atoms. The van der Waals surface area contributed by atoms with Crippen LogP contribution in [-0.2, 0) is 0 Å². The van der Waals surface area contributed by atoms with Gasteiger partial charge in [0.15, 0.2) is 23.0 Å². The summed E-state index contributed by atoms with van der Waals surface area (Å²) in [6.45, 7) is 4.26. The summed E-state index contributed by atoms with van der Waals surface area (Å²) in [5, 5.41) is 12.7. The molecule has 0 unspecified atom stereocenters. The van der Waals surface area contributed by atoms with Crippen molar-refractivity contribution >= 4 is 17.4 Å². The number of rotatable bonds is 3. The number of nitrogens with zero attached hydrogens (tertiary/aromatic N) is 6. The molecule has 0 saturated carbocycles. The Bertz CT molecular complexity index is 1060. The lowest BCUT2D eigenvalue weighted by atomic mass is 10.1. The maximum atomic E-state index is 13.0. The van der Waals surface area contributed by atoms with Crippen LogP contribution < -0.4 is 14.4 Å². The molecule has 5 rings (SSSR count). The van der Waals surface area contributed by atoms with Crippen molar-refractivity contribution in [2.45, 2.75) is 13.0 Å². The van der Waals surface area contributed by atoms with Crippen molar-refractivity contribution in [3.05, 3.63) is 41.7 Å². The zero-order valence-electron chi connectivity index (χ0n) is 15.7. The summed E-state index contributed by atoms with van der Waals surface area (Å²) in [7, 11) is 1.83. The first-order chi connectivity index (χ1) is 13.6. The number of benzene rings is 1. The third-order valence-corrected chi connectivity index (χ3v) is 5.26. The number of ether oxygens (including phenoxy) is 2. The number of aryl methyl sites for hydroxylation is 1. The maximum absolute atomic E-state index is 13.0. The third-order valence-electron chi connectivity index (χ3n) is 5.26. The highest BCUT2D eigenvalue weighted by molar-refractivity contribution is 5.98.